The number of carbonyl (C=O) groups is 1. The van der Waals surface area contributed by atoms with E-state index in [0.717, 1.165) is 0 Å². The van der Waals surface area contributed by atoms with Gasteiger partial charge in [0.05, 0.1) is 0 Å². The van der Waals surface area contributed by atoms with Crippen molar-refractivity contribution < 1.29 is 15.0 Å². The Morgan fingerprint density at radius 2 is 1.67 bits per heavy atom. The van der Waals surface area contributed by atoms with Crippen LogP contribution in [-0.4, -0.2) is 11.3 Å². The van der Waals surface area contributed by atoms with Crippen LogP contribution < -0.4 is 11.3 Å². The van der Waals surface area contributed by atoms with E-state index in [1.165, 1.54) is 0 Å². The molecule has 0 aliphatic rings. The van der Waals surface area contributed by atoms with E-state index >= 15 is 0 Å². The molecule has 0 heterocycles. The lowest BCUT2D eigenvalue weighted by molar-refractivity contribution is -0.275. The van der Waals surface area contributed by atoms with Crippen LogP contribution in [0.4, 0.5) is 4.79 Å². The molecule has 5 N–H and O–H groups in total. The van der Waals surface area contributed by atoms with Gasteiger partial charge < -0.3 is 21.2 Å². The van der Waals surface area contributed by atoms with Gasteiger partial charge in [0.15, 0.2) is 0 Å². The number of carboxylic acid groups (broad SMARTS) is 2. The second kappa shape index (κ2) is 8.87. The van der Waals surface area contributed by atoms with Crippen LogP contribution in [0.2, 0.25) is 0 Å². The van der Waals surface area contributed by atoms with E-state index in [1.807, 2.05) is 0 Å². The average molecular weight is 95.1 g/mol. The first-order chi connectivity index (χ1) is 1.73. The van der Waals surface area contributed by atoms with Crippen molar-refractivity contribution in [2.45, 2.75) is 7.43 Å². The predicted octanol–water partition coefficient (Wildman–Crippen LogP) is -0.100. The van der Waals surface area contributed by atoms with E-state index in [4.69, 9.17) is 15.0 Å². The first-order valence-electron chi connectivity index (χ1n) is 0.632. The van der Waals surface area contributed by atoms with E-state index in [0.29, 0.717) is 0 Å². The normalized spacial score (nSPS) is 4.00. The summed E-state index contributed by atoms with van der Waals surface area (Å²) in [5.41, 5.74) is 0. The predicted molar refractivity (Wildman–Crippen MR) is 20.7 cm³/mol. The maximum atomic E-state index is 8.44. The molecule has 0 aliphatic carbocycles. The highest BCUT2D eigenvalue weighted by atomic mass is 16.6. The highest BCUT2D eigenvalue weighted by Crippen LogP contribution is 1.32. The molecule has 0 saturated heterocycles. The number of rotatable bonds is 0. The topological polar surface area (TPSA) is 96.9 Å². The van der Waals surface area contributed by atoms with Crippen LogP contribution in [0.15, 0.2) is 0 Å². The third-order valence-electron chi connectivity index (χ3n) is 0. The van der Waals surface area contributed by atoms with Crippen molar-refractivity contribution in [1.29, 1.82) is 0 Å². The van der Waals surface area contributed by atoms with Gasteiger partial charge in [0, 0.05) is 0 Å². The fourth-order valence-corrected chi connectivity index (χ4v) is 0. The quantitative estimate of drug-likeness (QED) is 0.439. The molecule has 0 fully saturated rings. The summed E-state index contributed by atoms with van der Waals surface area (Å²) in [6, 6.07) is 0. The highest BCUT2D eigenvalue weighted by Gasteiger charge is 1.51. The van der Waals surface area contributed by atoms with Gasteiger partial charge in [-0.1, -0.05) is 7.43 Å². The Morgan fingerprint density at radius 1 is 1.67 bits per heavy atom. The zero-order valence-corrected chi connectivity index (χ0v) is 2.76. The molecule has 0 amide bonds. The van der Waals surface area contributed by atoms with Crippen LogP contribution in [0.5, 0.6) is 0 Å². The van der Waals surface area contributed by atoms with Gasteiger partial charge in [-0.15, -0.1) is 0 Å². The van der Waals surface area contributed by atoms with Gasteiger partial charge in [0.25, 0.3) is 0 Å². The van der Waals surface area contributed by atoms with Crippen molar-refractivity contribution in [3.8, 4) is 0 Å². The third-order valence-corrected chi connectivity index (χ3v) is 0. The summed E-state index contributed by atoms with van der Waals surface area (Å²) in [6.45, 7) is 0. The fourth-order valence-electron chi connectivity index (χ4n) is 0. The minimum Gasteiger partial charge on any atom is -0.565 e. The van der Waals surface area contributed by atoms with Crippen molar-refractivity contribution in [2.24, 2.45) is 0 Å². The molecule has 4 nitrogen and oxygen atoms in total. The Bertz CT molecular complexity index is 31.8. The Hall–Kier alpha value is -0.770. The van der Waals surface area contributed by atoms with Gasteiger partial charge in [0.1, 0.15) is 0 Å². The molecule has 0 aliphatic heterocycles. The summed E-state index contributed by atoms with van der Waals surface area (Å²) in [5.74, 6) is 0. The van der Waals surface area contributed by atoms with E-state index in [9.17, 15) is 0 Å². The van der Waals surface area contributed by atoms with Crippen molar-refractivity contribution in [2.75, 3.05) is 0 Å². The van der Waals surface area contributed by atoms with Crippen LogP contribution >= 0.6 is 0 Å². The largest absolute Gasteiger partial charge is 0.565 e. The fraction of sp³-hybridized carbons (Fsp3) is 0.500. The molecular formula is C2H9NO3. The molecule has 6 heavy (non-hydrogen) atoms. The van der Waals surface area contributed by atoms with Crippen LogP contribution in [0.1, 0.15) is 7.43 Å². The van der Waals surface area contributed by atoms with Crippen molar-refractivity contribution in [3.63, 3.8) is 0 Å². The monoisotopic (exact) mass is 95.1 g/mol. The molecule has 0 saturated carbocycles. The van der Waals surface area contributed by atoms with E-state index in [1.54, 1.807) is 0 Å². The van der Waals surface area contributed by atoms with Gasteiger partial charge in [-0.2, -0.15) is 0 Å². The standard InChI is InChI=1S/CH2O3.CH4.H3N/c2-1(3)4;;/h(H2,2,3,4);1H4;1H3. The molecule has 0 aromatic carbocycles. The summed E-state index contributed by atoms with van der Waals surface area (Å²) in [4.78, 5) is 8.44. The second-order valence-corrected chi connectivity index (χ2v) is 0.266. The Morgan fingerprint density at radius 3 is 1.67 bits per heavy atom. The van der Waals surface area contributed by atoms with E-state index in [2.05, 4.69) is 0 Å². The average Bonchev–Trinajstić information content (AvgIpc) is 0.811. The molecule has 0 atom stereocenters. The molecule has 0 rings (SSSR count). The van der Waals surface area contributed by atoms with Gasteiger partial charge in [-0.3, -0.25) is 0 Å². The minimum atomic E-state index is -2.08. The molecular weight excluding hydrogens is 86.0 g/mol. The smallest absolute Gasteiger partial charge is 0.249 e. The van der Waals surface area contributed by atoms with Crippen molar-refractivity contribution >= 4 is 6.16 Å². The summed E-state index contributed by atoms with van der Waals surface area (Å²) in [5, 5.41) is 15.3. The van der Waals surface area contributed by atoms with Gasteiger partial charge in [-0.25, -0.2) is 0 Å². The lowest BCUT2D eigenvalue weighted by Gasteiger charge is -1.74. The number of quaternary nitrogens is 1. The van der Waals surface area contributed by atoms with Crippen molar-refractivity contribution in [3.05, 3.63) is 0 Å². The minimum absolute atomic E-state index is 0. The second-order valence-electron chi connectivity index (χ2n) is 0.266. The molecule has 40 valence electrons. The SMILES string of the molecule is C.O=C([O-])O.[NH4+]. The van der Waals surface area contributed by atoms with Gasteiger partial charge >= 0.3 is 0 Å². The molecule has 0 unspecified atom stereocenters. The Balaban J connectivity index is -0.0000000450. The van der Waals surface area contributed by atoms with Crippen LogP contribution in [0, 0.1) is 0 Å². The molecule has 0 bridgehead atoms. The van der Waals surface area contributed by atoms with Crippen LogP contribution in [0.3, 0.4) is 0 Å². The van der Waals surface area contributed by atoms with E-state index < -0.39 is 6.16 Å². The van der Waals surface area contributed by atoms with Gasteiger partial charge in [0.2, 0.25) is 6.16 Å². The summed E-state index contributed by atoms with van der Waals surface area (Å²) in [6.07, 6.45) is -2.08. The zero-order valence-electron chi connectivity index (χ0n) is 2.76. The molecule has 0 radical (unpaired) electrons. The third kappa shape index (κ3) is 27.1. The van der Waals surface area contributed by atoms with E-state index in [-0.39, 0.29) is 13.6 Å². The van der Waals surface area contributed by atoms with Crippen LogP contribution in [0.25, 0.3) is 0 Å². The lowest BCUT2D eigenvalue weighted by atomic mass is 11.5. The first-order valence-corrected chi connectivity index (χ1v) is 0.632. The molecule has 0 aromatic heterocycles. The summed E-state index contributed by atoms with van der Waals surface area (Å²) in [7, 11) is 0. The maximum Gasteiger partial charge on any atom is 0.249 e. The number of hydrogen-bond donors (Lipinski definition) is 2. The first kappa shape index (κ1) is 18.8. The van der Waals surface area contributed by atoms with Gasteiger partial charge in [-0.05, 0) is 0 Å². The summed E-state index contributed by atoms with van der Waals surface area (Å²) < 4.78 is 0. The molecule has 0 spiro atoms. The van der Waals surface area contributed by atoms with Crippen molar-refractivity contribution in [1.82, 2.24) is 6.15 Å². The number of hydrogen-bond acceptors (Lipinski definition) is 2. The maximum absolute atomic E-state index is 8.44. The Labute approximate surface area is 36.0 Å². The zero-order chi connectivity index (χ0) is 3.58. The Kier molecular flexibility index (Phi) is 27.8. The molecule has 4 heteroatoms. The lowest BCUT2D eigenvalue weighted by Crippen LogP contribution is -2.17. The highest BCUT2D eigenvalue weighted by molar-refractivity contribution is 5.50. The van der Waals surface area contributed by atoms with Crippen LogP contribution in [-0.2, 0) is 0 Å². The molecule has 0 aromatic rings. The summed E-state index contributed by atoms with van der Waals surface area (Å²) >= 11 is 0.